The number of nitrogens with zero attached hydrogens (tertiary/aromatic N) is 3. The molecule has 3 heterocycles. The van der Waals surface area contributed by atoms with Crippen molar-refractivity contribution in [1.82, 2.24) is 14.1 Å². The highest BCUT2D eigenvalue weighted by atomic mass is 32.2. The molecule has 7 nitrogen and oxygen atoms in total. The summed E-state index contributed by atoms with van der Waals surface area (Å²) in [5.41, 5.74) is 0. The summed E-state index contributed by atoms with van der Waals surface area (Å²) < 4.78 is 27.3. The van der Waals surface area contributed by atoms with Gasteiger partial charge in [0.05, 0.1) is 4.90 Å². The van der Waals surface area contributed by atoms with Crippen LogP contribution in [0.5, 0.6) is 0 Å². The second kappa shape index (κ2) is 8.34. The van der Waals surface area contributed by atoms with Crippen molar-refractivity contribution in [3.63, 3.8) is 0 Å². The molecule has 0 saturated carbocycles. The zero-order chi connectivity index (χ0) is 20.5. The van der Waals surface area contributed by atoms with Gasteiger partial charge in [0.1, 0.15) is 0 Å². The first-order valence-corrected chi connectivity index (χ1v) is 11.8. The molecule has 0 spiro atoms. The molecule has 0 atom stereocenters. The molecule has 2 aliphatic heterocycles. The zero-order valence-corrected chi connectivity index (χ0v) is 18.0. The normalized spacial score (nSPS) is 19.6. The Morgan fingerprint density at radius 1 is 1.07 bits per heavy atom. The molecule has 2 saturated heterocycles. The number of piperidine rings is 1. The summed E-state index contributed by atoms with van der Waals surface area (Å²) in [6, 6.07) is 1.73. The lowest BCUT2D eigenvalue weighted by Crippen LogP contribution is -2.53. The van der Waals surface area contributed by atoms with E-state index in [-0.39, 0.29) is 17.7 Å². The lowest BCUT2D eigenvalue weighted by Gasteiger charge is -2.38. The number of carbonyl (C=O) groups is 2. The number of sulfonamides is 1. The van der Waals surface area contributed by atoms with E-state index in [0.717, 1.165) is 9.75 Å². The molecule has 2 aliphatic rings. The number of amides is 2. The van der Waals surface area contributed by atoms with Crippen LogP contribution in [0.25, 0.3) is 0 Å². The first-order chi connectivity index (χ1) is 13.2. The van der Waals surface area contributed by atoms with Crippen molar-refractivity contribution in [2.45, 2.75) is 31.6 Å². The number of likely N-dealkylation sites (tertiary alicyclic amines) is 1. The quantitative estimate of drug-likeness (QED) is 0.687. The van der Waals surface area contributed by atoms with Crippen molar-refractivity contribution in [2.24, 2.45) is 5.92 Å². The van der Waals surface area contributed by atoms with E-state index < -0.39 is 10.0 Å². The lowest BCUT2D eigenvalue weighted by atomic mass is 9.95. The van der Waals surface area contributed by atoms with Crippen LogP contribution < -0.4 is 0 Å². The van der Waals surface area contributed by atoms with Crippen molar-refractivity contribution in [2.75, 3.05) is 39.3 Å². The number of piperazine rings is 1. The number of rotatable bonds is 4. The largest absolute Gasteiger partial charge is 0.340 e. The Labute approximate surface area is 170 Å². The van der Waals surface area contributed by atoms with E-state index in [4.69, 9.17) is 0 Å². The minimum absolute atomic E-state index is 0.0744. The van der Waals surface area contributed by atoms with E-state index in [0.29, 0.717) is 57.0 Å². The maximum atomic E-state index is 12.9. The summed E-state index contributed by atoms with van der Waals surface area (Å²) in [5.74, 6) is -0.118. The third-order valence-corrected chi connectivity index (χ3v) is 8.61. The van der Waals surface area contributed by atoms with Crippen LogP contribution in [0.1, 0.15) is 22.6 Å². The second-order valence-corrected chi connectivity index (χ2v) is 10.7. The topological polar surface area (TPSA) is 78.0 Å². The number of carbonyl (C=O) groups excluding carboxylic acids is 2. The highest BCUT2D eigenvalue weighted by molar-refractivity contribution is 7.89. The lowest BCUT2D eigenvalue weighted by molar-refractivity contribution is -0.140. The summed E-state index contributed by atoms with van der Waals surface area (Å²) >= 11 is 1.48. The van der Waals surface area contributed by atoms with Gasteiger partial charge in [0, 0.05) is 54.9 Å². The molecule has 9 heteroatoms. The number of hydrogen-bond donors (Lipinski definition) is 0. The first-order valence-electron chi connectivity index (χ1n) is 9.51. The molecule has 0 unspecified atom stereocenters. The molecule has 2 fully saturated rings. The summed E-state index contributed by atoms with van der Waals surface area (Å²) in [6.07, 6.45) is 2.59. The predicted octanol–water partition coefficient (Wildman–Crippen LogP) is 1.62. The Morgan fingerprint density at radius 2 is 1.68 bits per heavy atom. The molecule has 3 rings (SSSR count). The van der Waals surface area contributed by atoms with Gasteiger partial charge in [0.15, 0.2) is 0 Å². The maximum absolute atomic E-state index is 12.9. The Morgan fingerprint density at radius 3 is 2.18 bits per heavy atom. The van der Waals surface area contributed by atoms with E-state index in [1.807, 2.05) is 13.8 Å². The Hall–Kier alpha value is -1.71. The molecule has 2 amide bonds. The molecule has 1 aromatic heterocycles. The van der Waals surface area contributed by atoms with Crippen molar-refractivity contribution < 1.29 is 18.0 Å². The fourth-order valence-electron chi connectivity index (χ4n) is 3.89. The van der Waals surface area contributed by atoms with Crippen LogP contribution in [0.15, 0.2) is 23.6 Å². The molecule has 0 bridgehead atoms. The summed E-state index contributed by atoms with van der Waals surface area (Å²) in [6.45, 7) is 9.80. The van der Waals surface area contributed by atoms with Crippen LogP contribution >= 0.6 is 11.3 Å². The van der Waals surface area contributed by atoms with Gasteiger partial charge in [-0.05, 0) is 38.8 Å². The minimum atomic E-state index is -3.51. The molecular formula is C19H27N3O4S2. The number of thiophene rings is 1. The van der Waals surface area contributed by atoms with E-state index in [1.165, 1.54) is 21.7 Å². The highest BCUT2D eigenvalue weighted by Gasteiger charge is 2.35. The Kier molecular flexibility index (Phi) is 6.26. The van der Waals surface area contributed by atoms with Crippen LogP contribution in [-0.4, -0.2) is 73.6 Å². The standard InChI is InChI=1S/C19H27N3O4S2/c1-4-18(23)20-7-5-16(6-8-20)19(24)21-9-11-22(12-10-21)28(25,26)17-13-14(2)27-15(17)3/h4,13,16H,1,5-12H2,2-3H3. The third-order valence-electron chi connectivity index (χ3n) is 5.49. The van der Waals surface area contributed by atoms with Gasteiger partial charge in [0.25, 0.3) is 0 Å². The van der Waals surface area contributed by atoms with E-state index in [1.54, 1.807) is 15.9 Å². The summed E-state index contributed by atoms with van der Waals surface area (Å²) in [7, 11) is -3.51. The van der Waals surface area contributed by atoms with Crippen molar-refractivity contribution >= 4 is 33.2 Å². The fourth-order valence-corrected chi connectivity index (χ4v) is 6.83. The molecule has 28 heavy (non-hydrogen) atoms. The van der Waals surface area contributed by atoms with E-state index in [9.17, 15) is 18.0 Å². The minimum Gasteiger partial charge on any atom is -0.340 e. The van der Waals surface area contributed by atoms with Gasteiger partial charge < -0.3 is 9.80 Å². The zero-order valence-electron chi connectivity index (χ0n) is 16.4. The van der Waals surface area contributed by atoms with Crippen LogP contribution in [-0.2, 0) is 19.6 Å². The first kappa shape index (κ1) is 21.0. The van der Waals surface area contributed by atoms with Gasteiger partial charge in [-0.2, -0.15) is 4.31 Å². The van der Waals surface area contributed by atoms with Gasteiger partial charge in [-0.25, -0.2) is 8.42 Å². The Bertz CT molecular complexity index is 862. The van der Waals surface area contributed by atoms with Crippen molar-refractivity contribution in [3.05, 3.63) is 28.5 Å². The number of aryl methyl sites for hydroxylation is 2. The van der Waals surface area contributed by atoms with Gasteiger partial charge in [-0.15, -0.1) is 11.3 Å². The van der Waals surface area contributed by atoms with Gasteiger partial charge in [-0.3, -0.25) is 9.59 Å². The molecule has 0 aliphatic carbocycles. The van der Waals surface area contributed by atoms with Crippen LogP contribution in [0.2, 0.25) is 0 Å². The number of hydrogen-bond acceptors (Lipinski definition) is 5. The average molecular weight is 426 g/mol. The maximum Gasteiger partial charge on any atom is 0.245 e. The van der Waals surface area contributed by atoms with Crippen LogP contribution in [0, 0.1) is 19.8 Å². The fraction of sp³-hybridized carbons (Fsp3) is 0.579. The average Bonchev–Trinajstić information content (AvgIpc) is 3.06. The monoisotopic (exact) mass is 425 g/mol. The van der Waals surface area contributed by atoms with Gasteiger partial charge in [-0.1, -0.05) is 6.58 Å². The Balaban J connectivity index is 1.57. The molecule has 1 aromatic rings. The van der Waals surface area contributed by atoms with E-state index in [2.05, 4.69) is 6.58 Å². The van der Waals surface area contributed by atoms with Crippen molar-refractivity contribution in [1.29, 1.82) is 0 Å². The van der Waals surface area contributed by atoms with Crippen LogP contribution in [0.3, 0.4) is 0 Å². The molecule has 0 aromatic carbocycles. The molecule has 0 N–H and O–H groups in total. The molecule has 154 valence electrons. The predicted molar refractivity (Wildman–Crippen MR) is 109 cm³/mol. The third kappa shape index (κ3) is 4.16. The summed E-state index contributed by atoms with van der Waals surface area (Å²) in [4.78, 5) is 30.1. The van der Waals surface area contributed by atoms with Crippen molar-refractivity contribution in [3.8, 4) is 0 Å². The molecule has 0 radical (unpaired) electrons. The van der Waals surface area contributed by atoms with Crippen LogP contribution in [0.4, 0.5) is 0 Å². The summed E-state index contributed by atoms with van der Waals surface area (Å²) in [5, 5.41) is 0. The van der Waals surface area contributed by atoms with Gasteiger partial charge in [0.2, 0.25) is 21.8 Å². The van der Waals surface area contributed by atoms with Gasteiger partial charge >= 0.3 is 0 Å². The highest BCUT2D eigenvalue weighted by Crippen LogP contribution is 2.28. The second-order valence-electron chi connectivity index (χ2n) is 7.31. The molecular weight excluding hydrogens is 398 g/mol. The van der Waals surface area contributed by atoms with E-state index >= 15 is 0 Å². The smallest absolute Gasteiger partial charge is 0.245 e. The SMILES string of the molecule is C=CC(=O)N1CCC(C(=O)N2CCN(S(=O)(=O)c3cc(C)sc3C)CC2)CC1.